The van der Waals surface area contributed by atoms with E-state index >= 15 is 0 Å². The van der Waals surface area contributed by atoms with Crippen LogP contribution in [0.1, 0.15) is 5.69 Å². The summed E-state index contributed by atoms with van der Waals surface area (Å²) in [6, 6.07) is 19.8. The smallest absolute Gasteiger partial charge is 0.166 e. The summed E-state index contributed by atoms with van der Waals surface area (Å²) in [6.07, 6.45) is 0. The molecule has 2 aromatic heterocycles. The van der Waals surface area contributed by atoms with Gasteiger partial charge in [0.1, 0.15) is 5.82 Å². The summed E-state index contributed by atoms with van der Waals surface area (Å²) in [5.74, 6) is 0.828. The number of halogens is 1. The van der Waals surface area contributed by atoms with Crippen LogP contribution in [-0.4, -0.2) is 46.1 Å². The van der Waals surface area contributed by atoms with Gasteiger partial charge in [0.25, 0.3) is 0 Å². The molecule has 154 valence electrons. The second kappa shape index (κ2) is 9.26. The zero-order valence-electron chi connectivity index (χ0n) is 16.7. The summed E-state index contributed by atoms with van der Waals surface area (Å²) >= 11 is 6.08. The molecular formula is C23H23ClN4O2. The zero-order chi connectivity index (χ0) is 20.9. The Balaban J connectivity index is 1.80. The highest BCUT2D eigenvalue weighted by Gasteiger charge is 2.17. The van der Waals surface area contributed by atoms with Gasteiger partial charge in [0.2, 0.25) is 0 Å². The molecule has 0 radical (unpaired) electrons. The third-order valence-corrected chi connectivity index (χ3v) is 5.01. The minimum absolute atomic E-state index is 0.0143. The fourth-order valence-electron chi connectivity index (χ4n) is 3.38. The molecule has 0 aliphatic carbocycles. The van der Waals surface area contributed by atoms with Crippen molar-refractivity contribution in [1.82, 2.24) is 14.6 Å². The second-order valence-corrected chi connectivity index (χ2v) is 7.29. The van der Waals surface area contributed by atoms with Gasteiger partial charge in [-0.2, -0.15) is 9.61 Å². The Morgan fingerprint density at radius 3 is 2.53 bits per heavy atom. The lowest BCUT2D eigenvalue weighted by Crippen LogP contribution is -2.14. The van der Waals surface area contributed by atoms with Crippen LogP contribution in [0, 0.1) is 6.92 Å². The number of fused-ring (bicyclic) bond motifs is 1. The first-order valence-corrected chi connectivity index (χ1v) is 10.2. The molecule has 0 saturated heterocycles. The molecule has 7 heteroatoms. The number of aryl methyl sites for hydroxylation is 1. The van der Waals surface area contributed by atoms with Crippen molar-refractivity contribution in [3.63, 3.8) is 0 Å². The molecule has 0 amide bonds. The minimum Gasteiger partial charge on any atom is -0.394 e. The van der Waals surface area contributed by atoms with Crippen LogP contribution in [0.2, 0.25) is 5.02 Å². The predicted octanol–water partition coefficient (Wildman–Crippen LogP) is 4.45. The summed E-state index contributed by atoms with van der Waals surface area (Å²) in [5.41, 5.74) is 5.54. The van der Waals surface area contributed by atoms with Crippen LogP contribution in [0.5, 0.6) is 0 Å². The van der Waals surface area contributed by atoms with E-state index in [1.807, 2.05) is 72.1 Å². The Bertz CT molecular complexity index is 1130. The van der Waals surface area contributed by atoms with E-state index in [1.54, 1.807) is 0 Å². The van der Waals surface area contributed by atoms with Gasteiger partial charge in [0.05, 0.1) is 31.2 Å². The van der Waals surface area contributed by atoms with E-state index in [-0.39, 0.29) is 6.61 Å². The van der Waals surface area contributed by atoms with Crippen LogP contribution in [0.3, 0.4) is 0 Å². The second-order valence-electron chi connectivity index (χ2n) is 6.86. The van der Waals surface area contributed by atoms with Gasteiger partial charge >= 0.3 is 0 Å². The first-order chi connectivity index (χ1) is 14.7. The van der Waals surface area contributed by atoms with Crippen molar-refractivity contribution >= 4 is 23.1 Å². The van der Waals surface area contributed by atoms with Gasteiger partial charge in [0.15, 0.2) is 5.65 Å². The van der Waals surface area contributed by atoms with Gasteiger partial charge < -0.3 is 15.2 Å². The topological polar surface area (TPSA) is 71.7 Å². The number of rotatable bonds is 8. The standard InChI is InChI=1S/C23H23ClN4O2/c1-16-22(18-7-9-19(24)10-8-18)23-26-20(17-5-3-2-4-6-17)15-21(28(23)27-16)25-11-13-30-14-12-29/h2-10,15,25,29H,11-14H2,1H3. The molecule has 4 rings (SSSR count). The summed E-state index contributed by atoms with van der Waals surface area (Å²) in [5, 5.41) is 17.7. The van der Waals surface area contributed by atoms with Crippen molar-refractivity contribution in [3.8, 4) is 22.4 Å². The molecule has 2 heterocycles. The first kappa shape index (κ1) is 20.3. The Kier molecular flexibility index (Phi) is 6.28. The number of aliphatic hydroxyl groups is 1. The molecule has 0 aliphatic heterocycles. The molecule has 4 aromatic rings. The maximum Gasteiger partial charge on any atom is 0.166 e. The first-order valence-electron chi connectivity index (χ1n) is 9.81. The van der Waals surface area contributed by atoms with E-state index in [4.69, 9.17) is 31.5 Å². The number of hydrogen-bond donors (Lipinski definition) is 2. The molecular weight excluding hydrogens is 400 g/mol. The third kappa shape index (κ3) is 4.31. The highest BCUT2D eigenvalue weighted by Crippen LogP contribution is 2.32. The number of ether oxygens (including phenoxy) is 1. The zero-order valence-corrected chi connectivity index (χ0v) is 17.4. The molecule has 0 fully saturated rings. The highest BCUT2D eigenvalue weighted by atomic mass is 35.5. The third-order valence-electron chi connectivity index (χ3n) is 4.75. The van der Waals surface area contributed by atoms with Crippen molar-refractivity contribution < 1.29 is 9.84 Å². The SMILES string of the molecule is Cc1nn2c(NCCOCCO)cc(-c3ccccc3)nc2c1-c1ccc(Cl)cc1. The van der Waals surface area contributed by atoms with Crippen LogP contribution >= 0.6 is 11.6 Å². The number of benzene rings is 2. The van der Waals surface area contributed by atoms with Crippen LogP contribution in [0.4, 0.5) is 5.82 Å². The van der Waals surface area contributed by atoms with Crippen molar-refractivity contribution in [2.45, 2.75) is 6.92 Å². The monoisotopic (exact) mass is 422 g/mol. The summed E-state index contributed by atoms with van der Waals surface area (Å²) in [7, 11) is 0. The van der Waals surface area contributed by atoms with Gasteiger partial charge in [0, 0.05) is 28.8 Å². The number of anilines is 1. The van der Waals surface area contributed by atoms with E-state index in [2.05, 4.69) is 5.32 Å². The molecule has 0 spiro atoms. The van der Waals surface area contributed by atoms with E-state index in [1.165, 1.54) is 0 Å². The highest BCUT2D eigenvalue weighted by molar-refractivity contribution is 6.30. The van der Waals surface area contributed by atoms with Crippen LogP contribution in [-0.2, 0) is 4.74 Å². The molecule has 30 heavy (non-hydrogen) atoms. The van der Waals surface area contributed by atoms with Crippen molar-refractivity contribution in [1.29, 1.82) is 0 Å². The number of aromatic nitrogens is 3. The maximum atomic E-state index is 8.87. The Hall–Kier alpha value is -2.93. The summed E-state index contributed by atoms with van der Waals surface area (Å²) in [4.78, 5) is 4.95. The van der Waals surface area contributed by atoms with Gasteiger partial charge in [-0.15, -0.1) is 0 Å². The Labute approximate surface area is 180 Å². The van der Waals surface area contributed by atoms with E-state index in [0.29, 0.717) is 24.8 Å². The molecule has 0 atom stereocenters. The molecule has 0 bridgehead atoms. The average molecular weight is 423 g/mol. The largest absolute Gasteiger partial charge is 0.394 e. The minimum atomic E-state index is 0.0143. The Morgan fingerprint density at radius 2 is 1.80 bits per heavy atom. The molecule has 6 nitrogen and oxygen atoms in total. The van der Waals surface area contributed by atoms with Crippen molar-refractivity contribution in [2.24, 2.45) is 0 Å². The summed E-state index contributed by atoms with van der Waals surface area (Å²) < 4.78 is 7.20. The predicted molar refractivity (Wildman–Crippen MR) is 120 cm³/mol. The van der Waals surface area contributed by atoms with E-state index in [9.17, 15) is 0 Å². The van der Waals surface area contributed by atoms with Crippen LogP contribution in [0.25, 0.3) is 28.0 Å². The number of aliphatic hydroxyl groups excluding tert-OH is 1. The van der Waals surface area contributed by atoms with E-state index < -0.39 is 0 Å². The van der Waals surface area contributed by atoms with Gasteiger partial charge in [-0.05, 0) is 24.6 Å². The number of nitrogens with one attached hydrogen (secondary N) is 1. The lowest BCUT2D eigenvalue weighted by molar-refractivity contribution is 0.0991. The van der Waals surface area contributed by atoms with Crippen molar-refractivity contribution in [2.75, 3.05) is 31.7 Å². The molecule has 0 aliphatic rings. The fraction of sp³-hybridized carbons (Fsp3) is 0.217. The lowest BCUT2D eigenvalue weighted by atomic mass is 10.1. The summed E-state index contributed by atoms with van der Waals surface area (Å²) in [6.45, 7) is 3.39. The normalized spacial score (nSPS) is 11.2. The van der Waals surface area contributed by atoms with Gasteiger partial charge in [-0.1, -0.05) is 54.1 Å². The Morgan fingerprint density at radius 1 is 1.03 bits per heavy atom. The lowest BCUT2D eigenvalue weighted by Gasteiger charge is -2.11. The van der Waals surface area contributed by atoms with Crippen molar-refractivity contribution in [3.05, 3.63) is 71.4 Å². The van der Waals surface area contributed by atoms with Crippen LogP contribution < -0.4 is 5.32 Å². The number of hydrogen-bond acceptors (Lipinski definition) is 5. The average Bonchev–Trinajstić information content (AvgIpc) is 3.10. The molecule has 0 unspecified atom stereocenters. The molecule has 0 saturated carbocycles. The van der Waals surface area contributed by atoms with Gasteiger partial charge in [-0.25, -0.2) is 4.98 Å². The van der Waals surface area contributed by atoms with Crippen LogP contribution in [0.15, 0.2) is 60.7 Å². The quantitative estimate of drug-likeness (QED) is 0.410. The van der Waals surface area contributed by atoms with E-state index in [0.717, 1.165) is 39.5 Å². The maximum absolute atomic E-state index is 8.87. The molecule has 2 aromatic carbocycles. The fourth-order valence-corrected chi connectivity index (χ4v) is 3.50. The molecule has 2 N–H and O–H groups in total. The van der Waals surface area contributed by atoms with Gasteiger partial charge in [-0.3, -0.25) is 0 Å². The number of nitrogens with zero attached hydrogens (tertiary/aromatic N) is 3.